The Morgan fingerprint density at radius 1 is 1.03 bits per heavy atom. The molecule has 2 aromatic rings. The first-order chi connectivity index (χ1) is 15.8. The molecular weight excluding hydrogens is 473 g/mol. The van der Waals surface area contributed by atoms with Crippen LogP contribution in [0.15, 0.2) is 17.3 Å². The van der Waals surface area contributed by atoms with Gasteiger partial charge in [0, 0.05) is 24.3 Å². The molecule has 2 aromatic carbocycles. The second kappa shape index (κ2) is 9.09. The van der Waals surface area contributed by atoms with E-state index in [1.807, 2.05) is 0 Å². The average molecular weight is 492 g/mol. The molecule has 0 spiro atoms. The first-order valence-electron chi connectivity index (χ1n) is 10.3. The highest BCUT2D eigenvalue weighted by molar-refractivity contribution is 6.42. The summed E-state index contributed by atoms with van der Waals surface area (Å²) in [7, 11) is 0. The van der Waals surface area contributed by atoms with Gasteiger partial charge in [-0.25, -0.2) is 9.59 Å². The molecular formula is C22H19Cl2N3O6. The van der Waals surface area contributed by atoms with Gasteiger partial charge in [0.2, 0.25) is 0 Å². The van der Waals surface area contributed by atoms with Crippen LogP contribution in [0.4, 0.5) is 11.4 Å². The van der Waals surface area contributed by atoms with E-state index in [-0.39, 0.29) is 16.3 Å². The zero-order valence-corrected chi connectivity index (χ0v) is 18.8. The Bertz CT molecular complexity index is 1210. The van der Waals surface area contributed by atoms with Crippen LogP contribution in [0.1, 0.15) is 67.0 Å². The second-order valence-electron chi connectivity index (χ2n) is 7.91. The normalized spacial score (nSPS) is 14.8. The highest BCUT2D eigenvalue weighted by atomic mass is 35.5. The molecule has 0 atom stereocenters. The number of rotatable bonds is 5. The van der Waals surface area contributed by atoms with E-state index < -0.39 is 39.4 Å². The Morgan fingerprint density at radius 2 is 1.76 bits per heavy atom. The molecule has 2 heterocycles. The zero-order chi connectivity index (χ0) is 23.9. The first-order valence-corrected chi connectivity index (χ1v) is 11.0. The van der Waals surface area contributed by atoms with Gasteiger partial charge in [0.15, 0.2) is 5.78 Å². The monoisotopic (exact) mass is 491 g/mol. The van der Waals surface area contributed by atoms with Crippen LogP contribution in [0.5, 0.6) is 0 Å². The largest absolute Gasteiger partial charge is 0.478 e. The number of benzene rings is 2. The predicted molar refractivity (Wildman–Crippen MR) is 122 cm³/mol. The summed E-state index contributed by atoms with van der Waals surface area (Å²) in [6, 6.07) is 2.52. The Kier molecular flexibility index (Phi) is 6.38. The summed E-state index contributed by atoms with van der Waals surface area (Å²) in [6.45, 7) is 1.69. The fraction of sp³-hybridized carbons (Fsp3) is 0.318. The number of nitroso groups, excluding NO2 is 1. The molecule has 0 saturated carbocycles. The van der Waals surface area contributed by atoms with E-state index in [2.05, 4.69) is 14.9 Å². The lowest BCUT2D eigenvalue weighted by atomic mass is 9.87. The Morgan fingerprint density at radius 3 is 2.42 bits per heavy atom. The van der Waals surface area contributed by atoms with Crippen molar-refractivity contribution in [2.45, 2.75) is 32.1 Å². The summed E-state index contributed by atoms with van der Waals surface area (Å²) in [4.78, 5) is 56.2. The minimum Gasteiger partial charge on any atom is -0.478 e. The van der Waals surface area contributed by atoms with E-state index in [1.54, 1.807) is 6.07 Å². The number of carbonyl (C=O) groups excluding carboxylic acids is 2. The second-order valence-corrected chi connectivity index (χ2v) is 8.69. The molecule has 3 N–H and O–H groups in total. The summed E-state index contributed by atoms with van der Waals surface area (Å²) < 4.78 is 0. The van der Waals surface area contributed by atoms with Crippen LogP contribution in [-0.2, 0) is 17.7 Å². The third kappa shape index (κ3) is 3.86. The van der Waals surface area contributed by atoms with Gasteiger partial charge >= 0.3 is 11.9 Å². The molecule has 2 aliphatic rings. The highest BCUT2D eigenvalue weighted by Crippen LogP contribution is 2.44. The molecule has 2 aliphatic heterocycles. The summed E-state index contributed by atoms with van der Waals surface area (Å²) in [5.74, 6) is 1.52. The van der Waals surface area contributed by atoms with Gasteiger partial charge in [-0.3, -0.25) is 4.79 Å². The van der Waals surface area contributed by atoms with E-state index in [1.165, 1.54) is 0 Å². The number of aromatic carboxylic acids is 1. The number of carbonyl (C=O) groups is 3. The molecule has 11 heteroatoms. The van der Waals surface area contributed by atoms with Crippen molar-refractivity contribution in [3.63, 3.8) is 0 Å². The van der Waals surface area contributed by atoms with E-state index in [9.17, 15) is 24.4 Å². The number of ketones is 1. The molecule has 172 valence electrons. The van der Waals surface area contributed by atoms with Crippen molar-refractivity contribution in [1.82, 2.24) is 0 Å². The zero-order valence-electron chi connectivity index (χ0n) is 17.3. The maximum atomic E-state index is 13.8. The van der Waals surface area contributed by atoms with Crippen LogP contribution >= 0.6 is 23.2 Å². The van der Waals surface area contributed by atoms with Crippen LogP contribution in [-0.4, -0.2) is 35.9 Å². The van der Waals surface area contributed by atoms with E-state index in [0.29, 0.717) is 18.4 Å². The summed E-state index contributed by atoms with van der Waals surface area (Å²) in [5, 5.41) is 11.8. The summed E-state index contributed by atoms with van der Waals surface area (Å²) in [5.41, 5.74) is 0.878. The van der Waals surface area contributed by atoms with Gasteiger partial charge in [-0.15, -0.1) is 4.91 Å². The SMILES string of the molecule is NOC(=O)c1c(Cl)cc(C(=O)O)c(Cl)c1C(=O)c1cc2c3c(c1N=O)CCCN3CCCC2. The maximum absolute atomic E-state index is 13.8. The Labute approximate surface area is 198 Å². The predicted octanol–water partition coefficient (Wildman–Crippen LogP) is 4.44. The lowest BCUT2D eigenvalue weighted by Gasteiger charge is -2.32. The summed E-state index contributed by atoms with van der Waals surface area (Å²) >= 11 is 12.4. The molecule has 0 fully saturated rings. The van der Waals surface area contributed by atoms with Gasteiger partial charge in [-0.1, -0.05) is 23.2 Å². The van der Waals surface area contributed by atoms with Crippen LogP contribution < -0.4 is 10.8 Å². The minimum absolute atomic E-state index is 0.0506. The van der Waals surface area contributed by atoms with Gasteiger partial charge in [0.1, 0.15) is 5.69 Å². The Hall–Kier alpha value is -3.01. The van der Waals surface area contributed by atoms with Crippen molar-refractivity contribution in [1.29, 1.82) is 0 Å². The third-order valence-electron chi connectivity index (χ3n) is 6.07. The molecule has 0 aromatic heterocycles. The van der Waals surface area contributed by atoms with Gasteiger partial charge < -0.3 is 14.8 Å². The number of hydrogen-bond donors (Lipinski definition) is 2. The van der Waals surface area contributed by atoms with Gasteiger partial charge in [-0.2, -0.15) is 5.90 Å². The lowest BCUT2D eigenvalue weighted by Crippen LogP contribution is -2.30. The molecule has 33 heavy (non-hydrogen) atoms. The number of carboxylic acids is 1. The molecule has 0 radical (unpaired) electrons. The quantitative estimate of drug-likeness (QED) is 0.355. The molecule has 4 rings (SSSR count). The van der Waals surface area contributed by atoms with Crippen molar-refractivity contribution < 1.29 is 24.3 Å². The topological polar surface area (TPSA) is 139 Å². The lowest BCUT2D eigenvalue weighted by molar-refractivity contribution is 0.0500. The fourth-order valence-corrected chi connectivity index (χ4v) is 5.26. The van der Waals surface area contributed by atoms with Crippen LogP contribution in [0.2, 0.25) is 10.0 Å². The molecule has 0 amide bonds. The van der Waals surface area contributed by atoms with Gasteiger partial charge in [-0.05, 0) is 55.0 Å². The van der Waals surface area contributed by atoms with Crippen LogP contribution in [0, 0.1) is 4.91 Å². The number of nitrogens with zero attached hydrogens (tertiary/aromatic N) is 2. The van der Waals surface area contributed by atoms with E-state index in [4.69, 9.17) is 29.1 Å². The van der Waals surface area contributed by atoms with Crippen molar-refractivity contribution in [3.8, 4) is 0 Å². The number of hydrogen-bond acceptors (Lipinski definition) is 8. The standard InChI is InChI=1S/C22H19Cl2N3O6/c23-14-9-12(21(29)30)17(24)16(15(14)22(31)33-25)20(28)13-8-10-4-1-2-6-27-7-3-5-11(19(10)27)18(13)26-32/h8-9H,1-7,25H2,(H,29,30). The van der Waals surface area contributed by atoms with Crippen molar-refractivity contribution in [2.24, 2.45) is 11.1 Å². The minimum atomic E-state index is -1.45. The van der Waals surface area contributed by atoms with E-state index in [0.717, 1.165) is 49.7 Å². The average Bonchev–Trinajstić information content (AvgIpc) is 3.02. The Balaban J connectivity index is 2.01. The number of nitrogens with two attached hydrogens (primary N) is 1. The maximum Gasteiger partial charge on any atom is 0.358 e. The van der Waals surface area contributed by atoms with Crippen LogP contribution in [0.25, 0.3) is 0 Å². The summed E-state index contributed by atoms with van der Waals surface area (Å²) in [6.07, 6.45) is 3.91. The number of aryl methyl sites for hydroxylation is 1. The van der Waals surface area contributed by atoms with Crippen LogP contribution in [0.3, 0.4) is 0 Å². The van der Waals surface area contributed by atoms with Crippen molar-refractivity contribution in [2.75, 3.05) is 18.0 Å². The highest BCUT2D eigenvalue weighted by Gasteiger charge is 2.34. The molecule has 0 unspecified atom stereocenters. The molecule has 0 bridgehead atoms. The molecule has 0 aliphatic carbocycles. The third-order valence-corrected chi connectivity index (χ3v) is 6.76. The molecule has 0 saturated heterocycles. The van der Waals surface area contributed by atoms with Crippen molar-refractivity contribution >= 4 is 52.3 Å². The number of halogens is 2. The fourth-order valence-electron chi connectivity index (χ4n) is 4.67. The number of carboxylic acid groups (broad SMARTS) is 1. The van der Waals surface area contributed by atoms with Crippen molar-refractivity contribution in [3.05, 3.63) is 60.5 Å². The number of anilines is 1. The molecule has 9 nitrogen and oxygen atoms in total. The first kappa shape index (κ1) is 23.2. The van der Waals surface area contributed by atoms with Gasteiger partial charge in [0.25, 0.3) is 0 Å². The smallest absolute Gasteiger partial charge is 0.358 e. The van der Waals surface area contributed by atoms with E-state index >= 15 is 0 Å². The van der Waals surface area contributed by atoms with Gasteiger partial charge in [0.05, 0.1) is 32.3 Å².